The molecule has 20 heavy (non-hydrogen) atoms. The summed E-state index contributed by atoms with van der Waals surface area (Å²) in [5, 5.41) is 7.83. The van der Waals surface area contributed by atoms with Crippen LogP contribution in [0.5, 0.6) is 0 Å². The summed E-state index contributed by atoms with van der Waals surface area (Å²) >= 11 is 0. The van der Waals surface area contributed by atoms with Crippen LogP contribution in [0.25, 0.3) is 0 Å². The number of rotatable bonds is 9. The minimum Gasteiger partial charge on any atom is -0.312 e. The SMILES string of the molecule is CCc1cc(C(CCCS(=O)(=O)CC)NC)n(CC)n1. The molecule has 1 aromatic heterocycles. The molecule has 0 amide bonds. The highest BCUT2D eigenvalue weighted by molar-refractivity contribution is 7.91. The fourth-order valence-corrected chi connectivity index (χ4v) is 3.18. The number of sulfone groups is 1. The summed E-state index contributed by atoms with van der Waals surface area (Å²) in [6.07, 6.45) is 2.41. The monoisotopic (exact) mass is 301 g/mol. The van der Waals surface area contributed by atoms with E-state index in [1.165, 1.54) is 0 Å². The van der Waals surface area contributed by atoms with Gasteiger partial charge in [0.25, 0.3) is 0 Å². The highest BCUT2D eigenvalue weighted by atomic mass is 32.2. The van der Waals surface area contributed by atoms with Crippen molar-refractivity contribution in [3.8, 4) is 0 Å². The van der Waals surface area contributed by atoms with Crippen LogP contribution in [0.4, 0.5) is 0 Å². The topological polar surface area (TPSA) is 64.0 Å². The summed E-state index contributed by atoms with van der Waals surface area (Å²) in [5.74, 6) is 0.493. The number of aryl methyl sites for hydroxylation is 2. The quantitative estimate of drug-likeness (QED) is 0.757. The highest BCUT2D eigenvalue weighted by Crippen LogP contribution is 2.20. The first-order valence-corrected chi connectivity index (χ1v) is 9.23. The minimum atomic E-state index is -2.87. The Morgan fingerprint density at radius 1 is 1.35 bits per heavy atom. The van der Waals surface area contributed by atoms with Crippen molar-refractivity contribution in [3.63, 3.8) is 0 Å². The van der Waals surface area contributed by atoms with Gasteiger partial charge in [-0.3, -0.25) is 4.68 Å². The Balaban J connectivity index is 2.73. The number of hydrogen-bond donors (Lipinski definition) is 1. The van der Waals surface area contributed by atoms with Crippen LogP contribution < -0.4 is 5.32 Å². The molecule has 5 nitrogen and oxygen atoms in total. The van der Waals surface area contributed by atoms with Crippen LogP contribution in [0.1, 0.15) is 51.0 Å². The molecule has 1 N–H and O–H groups in total. The zero-order valence-electron chi connectivity index (χ0n) is 13.0. The van der Waals surface area contributed by atoms with E-state index in [-0.39, 0.29) is 17.5 Å². The number of nitrogens with zero attached hydrogens (tertiary/aromatic N) is 2. The Hall–Kier alpha value is -0.880. The normalized spacial score (nSPS) is 13.6. The van der Waals surface area contributed by atoms with Crippen molar-refractivity contribution in [1.29, 1.82) is 0 Å². The van der Waals surface area contributed by atoms with E-state index in [9.17, 15) is 8.42 Å². The number of aromatic nitrogens is 2. The molecule has 1 atom stereocenters. The smallest absolute Gasteiger partial charge is 0.150 e. The molecule has 0 aliphatic carbocycles. The van der Waals surface area contributed by atoms with Crippen LogP contribution >= 0.6 is 0 Å². The molecule has 6 heteroatoms. The van der Waals surface area contributed by atoms with Crippen LogP contribution in [0, 0.1) is 0 Å². The third-order valence-electron chi connectivity index (χ3n) is 3.62. The molecule has 116 valence electrons. The second kappa shape index (κ2) is 7.78. The first-order chi connectivity index (χ1) is 9.47. The van der Waals surface area contributed by atoms with E-state index in [0.717, 1.165) is 30.8 Å². The molecule has 0 aromatic carbocycles. The molecule has 0 aliphatic heterocycles. The third kappa shape index (κ3) is 4.59. The fourth-order valence-electron chi connectivity index (χ4n) is 2.29. The largest absolute Gasteiger partial charge is 0.312 e. The molecule has 0 radical (unpaired) electrons. The van der Waals surface area contributed by atoms with Gasteiger partial charge in [0.2, 0.25) is 0 Å². The fraction of sp³-hybridized carbons (Fsp3) is 0.786. The van der Waals surface area contributed by atoms with Gasteiger partial charge in [0.05, 0.1) is 17.1 Å². The van der Waals surface area contributed by atoms with Gasteiger partial charge in [-0.05, 0) is 39.3 Å². The molecule has 1 aromatic rings. The van der Waals surface area contributed by atoms with E-state index < -0.39 is 9.84 Å². The Labute approximate surface area is 122 Å². The maximum atomic E-state index is 11.5. The van der Waals surface area contributed by atoms with Crippen LogP contribution in [-0.2, 0) is 22.8 Å². The molecule has 0 fully saturated rings. The van der Waals surface area contributed by atoms with Crippen molar-refractivity contribution in [3.05, 3.63) is 17.5 Å². The molecular weight excluding hydrogens is 274 g/mol. The van der Waals surface area contributed by atoms with Crippen molar-refractivity contribution in [1.82, 2.24) is 15.1 Å². The number of hydrogen-bond acceptors (Lipinski definition) is 4. The van der Waals surface area contributed by atoms with Crippen LogP contribution in [-0.4, -0.2) is 36.8 Å². The van der Waals surface area contributed by atoms with E-state index in [0.29, 0.717) is 6.42 Å². The zero-order valence-corrected chi connectivity index (χ0v) is 13.8. The predicted molar refractivity (Wildman–Crippen MR) is 82.6 cm³/mol. The summed E-state index contributed by atoms with van der Waals surface area (Å²) in [7, 11) is -0.957. The van der Waals surface area contributed by atoms with Gasteiger partial charge in [0.1, 0.15) is 9.84 Å². The molecular formula is C14H27N3O2S. The summed E-state index contributed by atoms with van der Waals surface area (Å²) < 4.78 is 25.1. The van der Waals surface area contributed by atoms with E-state index in [4.69, 9.17) is 0 Å². The minimum absolute atomic E-state index is 0.162. The molecule has 0 saturated carbocycles. The van der Waals surface area contributed by atoms with Gasteiger partial charge in [-0.25, -0.2) is 8.42 Å². The molecule has 0 saturated heterocycles. The summed E-state index contributed by atoms with van der Waals surface area (Å²) in [4.78, 5) is 0. The van der Waals surface area contributed by atoms with E-state index in [1.807, 2.05) is 11.7 Å². The molecule has 0 spiro atoms. The summed E-state index contributed by atoms with van der Waals surface area (Å²) in [6, 6.07) is 2.29. The average Bonchev–Trinajstić information content (AvgIpc) is 2.86. The van der Waals surface area contributed by atoms with E-state index in [2.05, 4.69) is 30.3 Å². The van der Waals surface area contributed by atoms with Crippen molar-refractivity contribution in [2.75, 3.05) is 18.6 Å². The Kier molecular flexibility index (Phi) is 6.68. The van der Waals surface area contributed by atoms with Gasteiger partial charge in [-0.1, -0.05) is 13.8 Å². The summed E-state index contributed by atoms with van der Waals surface area (Å²) in [5.41, 5.74) is 2.24. The van der Waals surface area contributed by atoms with Gasteiger partial charge in [-0.15, -0.1) is 0 Å². The van der Waals surface area contributed by atoms with Crippen molar-refractivity contribution >= 4 is 9.84 Å². The standard InChI is InChI=1S/C14H27N3O2S/c1-5-12-11-14(17(6-2)16-12)13(15-4)9-8-10-20(18,19)7-3/h11,13,15H,5-10H2,1-4H3. The van der Waals surface area contributed by atoms with Gasteiger partial charge in [0, 0.05) is 18.3 Å². The molecule has 1 unspecified atom stereocenters. The first kappa shape index (κ1) is 17.2. The molecule has 1 rings (SSSR count). The van der Waals surface area contributed by atoms with Crippen molar-refractivity contribution < 1.29 is 8.42 Å². The zero-order chi connectivity index (χ0) is 15.2. The van der Waals surface area contributed by atoms with Crippen LogP contribution in [0.15, 0.2) is 6.07 Å². The van der Waals surface area contributed by atoms with Gasteiger partial charge < -0.3 is 5.32 Å². The third-order valence-corrected chi connectivity index (χ3v) is 5.41. The van der Waals surface area contributed by atoms with Gasteiger partial charge >= 0.3 is 0 Å². The van der Waals surface area contributed by atoms with E-state index in [1.54, 1.807) is 6.92 Å². The molecule has 0 aliphatic rings. The first-order valence-electron chi connectivity index (χ1n) is 7.41. The lowest BCUT2D eigenvalue weighted by Crippen LogP contribution is -2.21. The molecule has 0 bridgehead atoms. The lowest BCUT2D eigenvalue weighted by molar-refractivity contribution is 0.482. The Morgan fingerprint density at radius 2 is 2.05 bits per heavy atom. The predicted octanol–water partition coefficient (Wildman–Crippen LogP) is 1.94. The Morgan fingerprint density at radius 3 is 2.55 bits per heavy atom. The van der Waals surface area contributed by atoms with Gasteiger partial charge in [0.15, 0.2) is 0 Å². The van der Waals surface area contributed by atoms with Crippen molar-refractivity contribution in [2.24, 2.45) is 0 Å². The second-order valence-electron chi connectivity index (χ2n) is 4.95. The lowest BCUT2D eigenvalue weighted by atomic mass is 10.1. The average molecular weight is 301 g/mol. The molecule has 1 heterocycles. The number of nitrogens with one attached hydrogen (secondary N) is 1. The Bertz CT molecular complexity index is 508. The van der Waals surface area contributed by atoms with E-state index >= 15 is 0 Å². The van der Waals surface area contributed by atoms with Crippen molar-refractivity contribution in [2.45, 2.75) is 52.6 Å². The summed E-state index contributed by atoms with van der Waals surface area (Å²) in [6.45, 7) is 6.70. The highest BCUT2D eigenvalue weighted by Gasteiger charge is 2.17. The van der Waals surface area contributed by atoms with Crippen LogP contribution in [0.3, 0.4) is 0 Å². The maximum Gasteiger partial charge on any atom is 0.150 e. The van der Waals surface area contributed by atoms with Gasteiger partial charge in [-0.2, -0.15) is 5.10 Å². The lowest BCUT2D eigenvalue weighted by Gasteiger charge is -2.17. The maximum absolute atomic E-state index is 11.5. The van der Waals surface area contributed by atoms with Crippen LogP contribution in [0.2, 0.25) is 0 Å². The second-order valence-corrected chi connectivity index (χ2v) is 7.42.